The Hall–Kier alpha value is -2.75. The minimum absolute atomic E-state index is 0.691. The SMILES string of the molecule is [C]1=NN(c2cc3ccccc3nn2)Cc2ccccc21. The molecule has 4 rings (SSSR count). The first kappa shape index (κ1) is 11.1. The molecular weight excluding hydrogens is 248 g/mol. The highest BCUT2D eigenvalue weighted by molar-refractivity contribution is 5.85. The van der Waals surface area contributed by atoms with Gasteiger partial charge in [0, 0.05) is 10.9 Å². The van der Waals surface area contributed by atoms with Crippen molar-refractivity contribution in [2.24, 2.45) is 5.10 Å². The zero-order valence-corrected chi connectivity index (χ0v) is 10.7. The number of anilines is 1. The first-order chi connectivity index (χ1) is 9.90. The summed E-state index contributed by atoms with van der Waals surface area (Å²) in [5.41, 5.74) is 3.12. The third-order valence-corrected chi connectivity index (χ3v) is 3.37. The van der Waals surface area contributed by atoms with E-state index in [0.29, 0.717) is 6.54 Å². The van der Waals surface area contributed by atoms with Crippen molar-refractivity contribution in [1.29, 1.82) is 0 Å². The highest BCUT2D eigenvalue weighted by Crippen LogP contribution is 2.22. The standard InChI is InChI=1S/C16H11N4/c1-2-7-14-11-20(17-10-13(14)6-1)16-9-12-5-3-4-8-15(12)18-19-16/h1-9H,11H2. The molecule has 1 radical (unpaired) electrons. The Morgan fingerprint density at radius 2 is 1.80 bits per heavy atom. The molecule has 4 nitrogen and oxygen atoms in total. The van der Waals surface area contributed by atoms with Crippen LogP contribution >= 0.6 is 0 Å². The van der Waals surface area contributed by atoms with Gasteiger partial charge in [-0.25, -0.2) is 5.01 Å². The average Bonchev–Trinajstić information content (AvgIpc) is 2.54. The molecular formula is C16H11N4. The molecule has 95 valence electrons. The van der Waals surface area contributed by atoms with Gasteiger partial charge in [-0.15, -0.1) is 10.2 Å². The Morgan fingerprint density at radius 1 is 0.950 bits per heavy atom. The van der Waals surface area contributed by atoms with Crippen molar-refractivity contribution >= 4 is 22.9 Å². The minimum Gasteiger partial charge on any atom is -0.241 e. The summed E-state index contributed by atoms with van der Waals surface area (Å²) in [7, 11) is 0. The number of rotatable bonds is 1. The van der Waals surface area contributed by atoms with Crippen LogP contribution < -0.4 is 5.01 Å². The lowest BCUT2D eigenvalue weighted by molar-refractivity contribution is 0.810. The van der Waals surface area contributed by atoms with E-state index in [4.69, 9.17) is 0 Å². The predicted octanol–water partition coefficient (Wildman–Crippen LogP) is 2.86. The van der Waals surface area contributed by atoms with Crippen LogP contribution in [-0.4, -0.2) is 16.4 Å². The molecule has 1 aromatic heterocycles. The third kappa shape index (κ3) is 1.82. The number of nitrogens with zero attached hydrogens (tertiary/aromatic N) is 4. The van der Waals surface area contributed by atoms with E-state index in [-0.39, 0.29) is 0 Å². The minimum atomic E-state index is 0.691. The molecule has 0 saturated heterocycles. The van der Waals surface area contributed by atoms with E-state index in [0.717, 1.165) is 22.3 Å². The van der Waals surface area contributed by atoms with Gasteiger partial charge in [-0.1, -0.05) is 42.5 Å². The molecule has 3 aromatic rings. The second-order valence-corrected chi connectivity index (χ2v) is 4.69. The van der Waals surface area contributed by atoms with Crippen LogP contribution in [0.25, 0.3) is 10.9 Å². The summed E-state index contributed by atoms with van der Waals surface area (Å²) in [5, 5.41) is 15.7. The van der Waals surface area contributed by atoms with Crippen LogP contribution in [0.2, 0.25) is 0 Å². The van der Waals surface area contributed by atoms with Crippen molar-refractivity contribution in [3.05, 3.63) is 65.7 Å². The number of aromatic nitrogens is 2. The number of hydrogen-bond acceptors (Lipinski definition) is 4. The van der Waals surface area contributed by atoms with Gasteiger partial charge in [0.15, 0.2) is 5.82 Å². The van der Waals surface area contributed by atoms with Crippen molar-refractivity contribution in [2.75, 3.05) is 5.01 Å². The topological polar surface area (TPSA) is 41.4 Å². The third-order valence-electron chi connectivity index (χ3n) is 3.37. The predicted molar refractivity (Wildman–Crippen MR) is 78.7 cm³/mol. The summed E-state index contributed by atoms with van der Waals surface area (Å²) in [6, 6.07) is 18.0. The fourth-order valence-electron chi connectivity index (χ4n) is 2.31. The Bertz CT molecular complexity index is 810. The molecule has 1 aliphatic rings. The summed E-state index contributed by atoms with van der Waals surface area (Å²) in [6.45, 7) is 0.691. The maximum Gasteiger partial charge on any atom is 0.172 e. The van der Waals surface area contributed by atoms with Crippen molar-refractivity contribution < 1.29 is 0 Å². The molecule has 0 saturated carbocycles. The van der Waals surface area contributed by atoms with Gasteiger partial charge < -0.3 is 0 Å². The van der Waals surface area contributed by atoms with Crippen LogP contribution in [-0.2, 0) is 6.54 Å². The lowest BCUT2D eigenvalue weighted by Crippen LogP contribution is -2.22. The Morgan fingerprint density at radius 3 is 2.80 bits per heavy atom. The van der Waals surface area contributed by atoms with E-state index in [9.17, 15) is 0 Å². The van der Waals surface area contributed by atoms with Gasteiger partial charge in [0.05, 0.1) is 12.1 Å². The van der Waals surface area contributed by atoms with Crippen molar-refractivity contribution in [3.63, 3.8) is 0 Å². The number of benzene rings is 2. The van der Waals surface area contributed by atoms with Gasteiger partial charge in [-0.05, 0) is 17.7 Å². The molecule has 20 heavy (non-hydrogen) atoms. The second-order valence-electron chi connectivity index (χ2n) is 4.69. The van der Waals surface area contributed by atoms with Gasteiger partial charge in [-0.3, -0.25) is 0 Å². The lowest BCUT2D eigenvalue weighted by Gasteiger charge is -2.22. The van der Waals surface area contributed by atoms with Crippen molar-refractivity contribution in [1.82, 2.24) is 10.2 Å². The highest BCUT2D eigenvalue weighted by atomic mass is 15.5. The quantitative estimate of drug-likeness (QED) is 0.674. The maximum atomic E-state index is 4.33. The molecule has 0 bridgehead atoms. The lowest BCUT2D eigenvalue weighted by atomic mass is 10.1. The van der Waals surface area contributed by atoms with E-state index < -0.39 is 0 Å². The van der Waals surface area contributed by atoms with E-state index in [1.165, 1.54) is 5.56 Å². The van der Waals surface area contributed by atoms with Crippen LogP contribution in [0.3, 0.4) is 0 Å². The van der Waals surface area contributed by atoms with Crippen molar-refractivity contribution in [2.45, 2.75) is 6.54 Å². The summed E-state index contributed by atoms with van der Waals surface area (Å²) >= 11 is 0. The molecule has 4 heteroatoms. The summed E-state index contributed by atoms with van der Waals surface area (Å²) in [4.78, 5) is 0. The number of hydrazone groups is 1. The summed E-state index contributed by atoms with van der Waals surface area (Å²) in [6.07, 6.45) is 3.04. The molecule has 0 unspecified atom stereocenters. The fraction of sp³-hybridized carbons (Fsp3) is 0.0625. The van der Waals surface area contributed by atoms with Crippen LogP contribution in [0.1, 0.15) is 11.1 Å². The first-order valence-corrected chi connectivity index (χ1v) is 6.45. The largest absolute Gasteiger partial charge is 0.241 e. The molecule has 0 N–H and O–H groups in total. The number of fused-ring (bicyclic) bond motifs is 2. The molecule has 0 atom stereocenters. The van der Waals surface area contributed by atoms with Crippen LogP contribution in [0.15, 0.2) is 59.7 Å². The number of hydrogen-bond donors (Lipinski definition) is 0. The normalized spacial score (nSPS) is 13.5. The summed E-state index contributed by atoms with van der Waals surface area (Å²) < 4.78 is 0. The average molecular weight is 259 g/mol. The summed E-state index contributed by atoms with van der Waals surface area (Å²) in [5.74, 6) is 0.741. The van der Waals surface area contributed by atoms with Crippen LogP contribution in [0.4, 0.5) is 5.82 Å². The smallest absolute Gasteiger partial charge is 0.172 e. The van der Waals surface area contributed by atoms with E-state index >= 15 is 0 Å². The van der Waals surface area contributed by atoms with Crippen molar-refractivity contribution in [3.8, 4) is 0 Å². The maximum absolute atomic E-state index is 4.33. The second kappa shape index (κ2) is 4.42. The van der Waals surface area contributed by atoms with Crippen LogP contribution in [0, 0.1) is 0 Å². The van der Waals surface area contributed by atoms with Crippen LogP contribution in [0.5, 0.6) is 0 Å². The van der Waals surface area contributed by atoms with Gasteiger partial charge in [0.25, 0.3) is 0 Å². The molecule has 2 heterocycles. The Kier molecular flexibility index (Phi) is 2.45. The Labute approximate surface area is 116 Å². The molecule has 2 aromatic carbocycles. The fourth-order valence-corrected chi connectivity index (χ4v) is 2.31. The highest BCUT2D eigenvalue weighted by Gasteiger charge is 2.15. The molecule has 0 fully saturated rings. The molecule has 1 aliphatic heterocycles. The molecule has 0 amide bonds. The monoisotopic (exact) mass is 259 g/mol. The van der Waals surface area contributed by atoms with Gasteiger partial charge in [0.1, 0.15) is 6.21 Å². The van der Waals surface area contributed by atoms with E-state index in [2.05, 4.69) is 27.6 Å². The van der Waals surface area contributed by atoms with Gasteiger partial charge in [0.2, 0.25) is 0 Å². The molecule has 0 spiro atoms. The first-order valence-electron chi connectivity index (χ1n) is 6.45. The zero-order chi connectivity index (χ0) is 13.4. The zero-order valence-electron chi connectivity index (χ0n) is 10.7. The van der Waals surface area contributed by atoms with E-state index in [1.54, 1.807) is 0 Å². The molecule has 0 aliphatic carbocycles. The van der Waals surface area contributed by atoms with E-state index in [1.807, 2.05) is 53.5 Å². The van der Waals surface area contributed by atoms with Gasteiger partial charge in [-0.2, -0.15) is 5.10 Å². The van der Waals surface area contributed by atoms with Gasteiger partial charge >= 0.3 is 0 Å². The Balaban J connectivity index is 1.74.